The Morgan fingerprint density at radius 1 is 1.31 bits per heavy atom. The molecule has 2 saturated heterocycles. The van der Waals surface area contributed by atoms with Gasteiger partial charge in [-0.25, -0.2) is 13.4 Å². The van der Waals surface area contributed by atoms with E-state index in [-0.39, 0.29) is 22.0 Å². The first-order valence-corrected chi connectivity index (χ1v) is 14.6. The fourth-order valence-electron chi connectivity index (χ4n) is 4.23. The lowest BCUT2D eigenvalue weighted by Gasteiger charge is -2.33. The summed E-state index contributed by atoms with van der Waals surface area (Å²) in [6, 6.07) is 6.69. The van der Waals surface area contributed by atoms with Crippen LogP contribution >= 0.6 is 11.3 Å². The van der Waals surface area contributed by atoms with Crippen molar-refractivity contribution in [3.8, 4) is 0 Å². The van der Waals surface area contributed by atoms with E-state index in [0.717, 1.165) is 31.1 Å². The molecule has 0 spiro atoms. The lowest BCUT2D eigenvalue weighted by molar-refractivity contribution is -0.110. The number of hydrogen-bond acceptors (Lipinski definition) is 10. The van der Waals surface area contributed by atoms with Gasteiger partial charge in [-0.2, -0.15) is 0 Å². The largest absolute Gasteiger partial charge is 0.389 e. The molecule has 2 N–H and O–H groups in total. The highest BCUT2D eigenvalue weighted by Crippen LogP contribution is 2.33. The van der Waals surface area contributed by atoms with Crippen molar-refractivity contribution in [2.75, 3.05) is 38.2 Å². The number of anilines is 1. The molecule has 10 nitrogen and oxygen atoms in total. The van der Waals surface area contributed by atoms with Crippen LogP contribution in [0.2, 0.25) is 0 Å². The van der Waals surface area contributed by atoms with Gasteiger partial charge in [-0.1, -0.05) is 17.3 Å². The van der Waals surface area contributed by atoms with Gasteiger partial charge < -0.3 is 14.9 Å². The number of benzene rings is 1. The lowest BCUT2D eigenvalue weighted by Crippen LogP contribution is -2.49. The summed E-state index contributed by atoms with van der Waals surface area (Å²) in [4.78, 5) is 26.9. The van der Waals surface area contributed by atoms with Gasteiger partial charge in [-0.3, -0.25) is 15.0 Å². The van der Waals surface area contributed by atoms with Gasteiger partial charge in [-0.05, 0) is 31.9 Å². The quantitative estimate of drug-likeness (QED) is 0.371. The molecule has 2 atom stereocenters. The monoisotopic (exact) mass is 533 g/mol. The Kier molecular flexibility index (Phi) is 7.68. The Hall–Kier alpha value is -2.38. The molecule has 3 fully saturated rings. The molecule has 2 aromatic rings. The molecule has 1 amide bonds. The van der Waals surface area contributed by atoms with Crippen molar-refractivity contribution in [2.24, 2.45) is 5.16 Å². The van der Waals surface area contributed by atoms with E-state index >= 15 is 0 Å². The highest BCUT2D eigenvalue weighted by Gasteiger charge is 2.37. The van der Waals surface area contributed by atoms with Crippen LogP contribution in [0.15, 0.2) is 40.5 Å². The molecule has 5 rings (SSSR count). The third-order valence-corrected chi connectivity index (χ3v) is 9.76. The van der Waals surface area contributed by atoms with Crippen molar-refractivity contribution in [1.29, 1.82) is 0 Å². The van der Waals surface area contributed by atoms with Gasteiger partial charge in [0.25, 0.3) is 5.91 Å². The van der Waals surface area contributed by atoms with Crippen LogP contribution in [0.5, 0.6) is 0 Å². The maximum Gasteiger partial charge on any atom is 0.280 e. The zero-order valence-corrected chi connectivity index (χ0v) is 21.8. The van der Waals surface area contributed by atoms with Crippen LogP contribution < -0.4 is 10.6 Å². The predicted octanol–water partition coefficient (Wildman–Crippen LogP) is 2.02. The molecule has 0 bridgehead atoms. The highest BCUT2D eigenvalue weighted by atomic mass is 32.2. The fraction of sp³-hybridized carbons (Fsp3) is 0.542. The number of amides is 1. The van der Waals surface area contributed by atoms with Gasteiger partial charge in [0.2, 0.25) is 0 Å². The van der Waals surface area contributed by atoms with Crippen LogP contribution in [0, 0.1) is 0 Å². The molecule has 0 radical (unpaired) electrons. The third-order valence-electron chi connectivity index (χ3n) is 6.59. The zero-order valence-electron chi connectivity index (χ0n) is 20.2. The first-order valence-electron chi connectivity index (χ1n) is 12.3. The summed E-state index contributed by atoms with van der Waals surface area (Å²) in [5.41, 5.74) is 0.525. The number of ether oxygens (including phenoxy) is 1. The average molecular weight is 534 g/mol. The highest BCUT2D eigenvalue weighted by molar-refractivity contribution is 7.92. The van der Waals surface area contributed by atoms with Crippen molar-refractivity contribution in [2.45, 2.75) is 55.0 Å². The average Bonchev–Trinajstić information content (AvgIpc) is 3.45. The SMILES string of the molecule is C[C@H]1CNCCN1Cc1cnc(NC(=O)C(=NO[C@@H]2CCOC2)c2ccc(S(=O)(=O)C3CC3)cc2)s1. The van der Waals surface area contributed by atoms with Gasteiger partial charge in [0.05, 0.1) is 23.4 Å². The smallest absolute Gasteiger partial charge is 0.280 e. The summed E-state index contributed by atoms with van der Waals surface area (Å²) >= 11 is 1.43. The molecule has 0 unspecified atom stereocenters. The Labute approximate surface area is 215 Å². The third kappa shape index (κ3) is 5.94. The Bertz CT molecular complexity index is 1200. The maximum absolute atomic E-state index is 13.2. The second-order valence-corrected chi connectivity index (χ2v) is 12.8. The first-order chi connectivity index (χ1) is 17.4. The summed E-state index contributed by atoms with van der Waals surface area (Å²) in [6.45, 7) is 6.84. The van der Waals surface area contributed by atoms with Crippen LogP contribution in [0.1, 0.15) is 36.6 Å². The molecule has 12 heteroatoms. The molecule has 1 aromatic carbocycles. The Morgan fingerprint density at radius 2 is 2.11 bits per heavy atom. The van der Waals surface area contributed by atoms with Crippen molar-refractivity contribution >= 4 is 37.9 Å². The number of carbonyl (C=O) groups is 1. The van der Waals surface area contributed by atoms with Gasteiger partial charge >= 0.3 is 0 Å². The predicted molar refractivity (Wildman–Crippen MR) is 137 cm³/mol. The van der Waals surface area contributed by atoms with Gasteiger partial charge in [0.15, 0.2) is 26.8 Å². The summed E-state index contributed by atoms with van der Waals surface area (Å²) < 4.78 is 30.4. The summed E-state index contributed by atoms with van der Waals surface area (Å²) in [5, 5.41) is 10.6. The second-order valence-electron chi connectivity index (χ2n) is 9.41. The first kappa shape index (κ1) is 25.3. The maximum atomic E-state index is 13.2. The van der Waals surface area contributed by atoms with Crippen LogP contribution in [-0.2, 0) is 30.8 Å². The van der Waals surface area contributed by atoms with E-state index in [9.17, 15) is 13.2 Å². The fourth-order valence-corrected chi connectivity index (χ4v) is 6.72. The Morgan fingerprint density at radius 3 is 2.81 bits per heavy atom. The topological polar surface area (TPSA) is 122 Å². The summed E-state index contributed by atoms with van der Waals surface area (Å²) in [5.74, 6) is -0.469. The van der Waals surface area contributed by atoms with Crippen molar-refractivity contribution in [1.82, 2.24) is 15.2 Å². The number of piperazine rings is 1. The molecule has 3 heterocycles. The number of nitrogens with one attached hydrogen (secondary N) is 2. The number of rotatable bonds is 9. The molecule has 1 aromatic heterocycles. The van der Waals surface area contributed by atoms with E-state index in [2.05, 4.69) is 32.6 Å². The molecular formula is C24H31N5O5S2. The molecule has 36 heavy (non-hydrogen) atoms. The number of aromatic nitrogens is 1. The van der Waals surface area contributed by atoms with Crippen LogP contribution in [0.3, 0.4) is 0 Å². The van der Waals surface area contributed by atoms with Gasteiger partial charge in [0, 0.05) is 55.3 Å². The lowest BCUT2D eigenvalue weighted by atomic mass is 10.1. The molecule has 1 aliphatic carbocycles. The minimum absolute atomic E-state index is 0.0600. The molecule has 3 aliphatic rings. The van der Waals surface area contributed by atoms with Gasteiger partial charge in [-0.15, -0.1) is 11.3 Å². The zero-order chi connectivity index (χ0) is 25.1. The van der Waals surface area contributed by atoms with E-state index in [0.29, 0.717) is 49.2 Å². The number of oxime groups is 1. The second kappa shape index (κ2) is 10.9. The van der Waals surface area contributed by atoms with Crippen molar-refractivity contribution < 1.29 is 22.8 Å². The van der Waals surface area contributed by atoms with Gasteiger partial charge in [0.1, 0.15) is 0 Å². The van der Waals surface area contributed by atoms with E-state index in [4.69, 9.17) is 9.57 Å². The van der Waals surface area contributed by atoms with Crippen molar-refractivity contribution in [3.63, 3.8) is 0 Å². The van der Waals surface area contributed by atoms with E-state index in [1.807, 2.05) is 0 Å². The Balaban J connectivity index is 1.31. The van der Waals surface area contributed by atoms with Crippen molar-refractivity contribution in [3.05, 3.63) is 40.9 Å². The number of carbonyl (C=O) groups excluding carboxylic acids is 1. The minimum Gasteiger partial charge on any atom is -0.389 e. The molecular weight excluding hydrogens is 502 g/mol. The van der Waals surface area contributed by atoms with E-state index < -0.39 is 15.7 Å². The van der Waals surface area contributed by atoms with Crippen LogP contribution in [0.4, 0.5) is 5.13 Å². The number of hydrogen-bond donors (Lipinski definition) is 2. The molecule has 194 valence electrons. The minimum atomic E-state index is -3.32. The number of sulfone groups is 1. The van der Waals surface area contributed by atoms with Crippen LogP contribution in [-0.4, -0.2) is 80.2 Å². The summed E-state index contributed by atoms with van der Waals surface area (Å²) in [7, 11) is -3.32. The van der Waals surface area contributed by atoms with E-state index in [1.54, 1.807) is 18.3 Å². The molecule has 1 saturated carbocycles. The van der Waals surface area contributed by atoms with E-state index in [1.165, 1.54) is 23.5 Å². The normalized spacial score (nSPS) is 23.5. The molecule has 2 aliphatic heterocycles. The summed E-state index contributed by atoms with van der Waals surface area (Å²) in [6.07, 6.45) is 3.64. The standard InChI is InChI=1S/C24H31N5O5S2/c1-16-12-25-9-10-29(16)14-19-13-26-24(35-19)27-23(30)22(28-34-18-8-11-33-15-18)17-2-4-20(5-3-17)36(31,32)21-6-7-21/h2-5,13,16,18,21,25H,6-12,14-15H2,1H3,(H,26,27,30)/t16-,18+/m0/s1. The number of thiazole rings is 1. The van der Waals surface area contributed by atoms with Crippen LogP contribution in [0.25, 0.3) is 0 Å². The number of nitrogens with zero attached hydrogens (tertiary/aromatic N) is 3.